The second-order valence-electron chi connectivity index (χ2n) is 7.35. The van der Waals surface area contributed by atoms with Crippen molar-refractivity contribution in [2.75, 3.05) is 32.8 Å². The van der Waals surface area contributed by atoms with Crippen molar-refractivity contribution < 1.29 is 13.5 Å². The highest BCUT2D eigenvalue weighted by Gasteiger charge is 2.42. The Labute approximate surface area is 153 Å². The van der Waals surface area contributed by atoms with Gasteiger partial charge >= 0.3 is 0 Å². The fraction of sp³-hybridized carbons (Fsp3) is 0.429. The molecular formula is C21H24F2N2O. The van der Waals surface area contributed by atoms with Crippen LogP contribution in [0.2, 0.25) is 0 Å². The highest BCUT2D eigenvalue weighted by Crippen LogP contribution is 2.35. The van der Waals surface area contributed by atoms with E-state index in [4.69, 9.17) is 4.74 Å². The Balaban J connectivity index is 1.49. The quantitative estimate of drug-likeness (QED) is 0.890. The minimum Gasteiger partial charge on any atom is -0.375 e. The van der Waals surface area contributed by atoms with Crippen LogP contribution in [0, 0.1) is 11.6 Å². The number of piperazine rings is 1. The predicted octanol–water partition coefficient (Wildman–Crippen LogP) is 2.92. The highest BCUT2D eigenvalue weighted by atomic mass is 19.1. The molecule has 0 radical (unpaired) electrons. The van der Waals surface area contributed by atoms with Gasteiger partial charge in [0.1, 0.15) is 11.6 Å². The molecule has 2 aromatic carbocycles. The van der Waals surface area contributed by atoms with E-state index < -0.39 is 11.6 Å². The van der Waals surface area contributed by atoms with E-state index in [1.807, 2.05) is 0 Å². The first-order chi connectivity index (χ1) is 12.6. The SMILES string of the molecule is Fc1cc(F)cc(COCC2(N3CCNCC3)Cc3ccccc3C2)c1. The van der Waals surface area contributed by atoms with Crippen molar-refractivity contribution in [3.63, 3.8) is 0 Å². The minimum absolute atomic E-state index is 0.0718. The summed E-state index contributed by atoms with van der Waals surface area (Å²) in [5.74, 6) is -1.12. The van der Waals surface area contributed by atoms with E-state index in [0.717, 1.165) is 45.1 Å². The Kier molecular flexibility index (Phi) is 5.02. The first-order valence-corrected chi connectivity index (χ1v) is 9.20. The summed E-state index contributed by atoms with van der Waals surface area (Å²) in [6.45, 7) is 4.72. The molecular weight excluding hydrogens is 334 g/mol. The molecule has 138 valence electrons. The largest absolute Gasteiger partial charge is 0.375 e. The van der Waals surface area contributed by atoms with Gasteiger partial charge in [0.15, 0.2) is 0 Å². The molecule has 1 heterocycles. The zero-order chi connectivity index (χ0) is 18.0. The first kappa shape index (κ1) is 17.6. The molecule has 1 aliphatic heterocycles. The van der Waals surface area contributed by atoms with Gasteiger partial charge in [0, 0.05) is 32.2 Å². The number of fused-ring (bicyclic) bond motifs is 1. The Morgan fingerprint density at radius 1 is 0.962 bits per heavy atom. The summed E-state index contributed by atoms with van der Waals surface area (Å²) in [5.41, 5.74) is 3.23. The van der Waals surface area contributed by atoms with Gasteiger partial charge < -0.3 is 10.1 Å². The molecule has 1 aliphatic carbocycles. The maximum absolute atomic E-state index is 13.4. The van der Waals surface area contributed by atoms with E-state index in [0.29, 0.717) is 12.2 Å². The number of benzene rings is 2. The van der Waals surface area contributed by atoms with Crippen LogP contribution < -0.4 is 5.32 Å². The van der Waals surface area contributed by atoms with Gasteiger partial charge in [-0.15, -0.1) is 0 Å². The molecule has 3 nitrogen and oxygen atoms in total. The molecule has 5 heteroatoms. The summed E-state index contributed by atoms with van der Waals surface area (Å²) in [6, 6.07) is 12.1. The standard InChI is InChI=1S/C21H24F2N2O/c22-19-9-16(10-20(23)11-19)14-26-15-21(25-7-5-24-6-8-25)12-17-3-1-2-4-18(17)13-21/h1-4,9-11,24H,5-8,12-15H2. The van der Waals surface area contributed by atoms with Crippen molar-refractivity contribution in [3.8, 4) is 0 Å². The van der Waals surface area contributed by atoms with Crippen molar-refractivity contribution in [1.82, 2.24) is 10.2 Å². The predicted molar refractivity (Wildman–Crippen MR) is 97.0 cm³/mol. The van der Waals surface area contributed by atoms with Gasteiger partial charge in [0.2, 0.25) is 0 Å². The fourth-order valence-electron chi connectivity index (χ4n) is 4.28. The van der Waals surface area contributed by atoms with Crippen LogP contribution in [-0.4, -0.2) is 43.2 Å². The average molecular weight is 358 g/mol. The number of hydrogen-bond acceptors (Lipinski definition) is 3. The van der Waals surface area contributed by atoms with Crippen LogP contribution >= 0.6 is 0 Å². The third-order valence-corrected chi connectivity index (χ3v) is 5.51. The average Bonchev–Trinajstić information content (AvgIpc) is 3.01. The van der Waals surface area contributed by atoms with Crippen molar-refractivity contribution in [2.24, 2.45) is 0 Å². The molecule has 0 unspecified atom stereocenters. The lowest BCUT2D eigenvalue weighted by Crippen LogP contribution is -2.59. The fourth-order valence-corrected chi connectivity index (χ4v) is 4.28. The van der Waals surface area contributed by atoms with Crippen LogP contribution in [0.15, 0.2) is 42.5 Å². The maximum atomic E-state index is 13.4. The number of halogens is 2. The van der Waals surface area contributed by atoms with Crippen LogP contribution in [0.5, 0.6) is 0 Å². The second-order valence-corrected chi connectivity index (χ2v) is 7.35. The summed E-state index contributed by atoms with van der Waals surface area (Å²) in [4.78, 5) is 2.52. The molecule has 0 saturated carbocycles. The molecule has 0 amide bonds. The van der Waals surface area contributed by atoms with Gasteiger partial charge in [-0.05, 0) is 41.7 Å². The first-order valence-electron chi connectivity index (χ1n) is 9.20. The number of nitrogens with one attached hydrogen (secondary N) is 1. The van der Waals surface area contributed by atoms with Crippen LogP contribution in [0.4, 0.5) is 8.78 Å². The summed E-state index contributed by atoms with van der Waals surface area (Å²) < 4.78 is 32.8. The van der Waals surface area contributed by atoms with Crippen LogP contribution in [0.1, 0.15) is 16.7 Å². The van der Waals surface area contributed by atoms with E-state index in [-0.39, 0.29) is 12.1 Å². The number of ether oxygens (including phenoxy) is 1. The molecule has 1 fully saturated rings. The van der Waals surface area contributed by atoms with Gasteiger partial charge in [-0.2, -0.15) is 0 Å². The molecule has 0 spiro atoms. The van der Waals surface area contributed by atoms with E-state index in [1.165, 1.54) is 23.3 Å². The summed E-state index contributed by atoms with van der Waals surface area (Å²) in [5, 5.41) is 3.41. The third-order valence-electron chi connectivity index (χ3n) is 5.51. The molecule has 1 saturated heterocycles. The lowest BCUT2D eigenvalue weighted by Gasteiger charge is -2.43. The third kappa shape index (κ3) is 3.65. The molecule has 0 atom stereocenters. The van der Waals surface area contributed by atoms with Crippen molar-refractivity contribution >= 4 is 0 Å². The number of hydrogen-bond donors (Lipinski definition) is 1. The Morgan fingerprint density at radius 2 is 1.58 bits per heavy atom. The van der Waals surface area contributed by atoms with Crippen molar-refractivity contribution in [2.45, 2.75) is 25.0 Å². The second kappa shape index (κ2) is 7.43. The smallest absolute Gasteiger partial charge is 0.126 e. The zero-order valence-electron chi connectivity index (χ0n) is 14.8. The topological polar surface area (TPSA) is 24.5 Å². The molecule has 4 rings (SSSR count). The van der Waals surface area contributed by atoms with Crippen molar-refractivity contribution in [1.29, 1.82) is 0 Å². The minimum atomic E-state index is -0.561. The highest BCUT2D eigenvalue weighted by molar-refractivity contribution is 5.36. The van der Waals surface area contributed by atoms with E-state index in [2.05, 4.69) is 34.5 Å². The lowest BCUT2D eigenvalue weighted by atomic mass is 9.93. The molecule has 2 aliphatic rings. The van der Waals surface area contributed by atoms with Gasteiger partial charge in [-0.25, -0.2) is 8.78 Å². The zero-order valence-corrected chi connectivity index (χ0v) is 14.8. The van der Waals surface area contributed by atoms with Gasteiger partial charge in [-0.1, -0.05) is 24.3 Å². The van der Waals surface area contributed by atoms with Crippen LogP contribution in [-0.2, 0) is 24.2 Å². The van der Waals surface area contributed by atoms with Crippen molar-refractivity contribution in [3.05, 3.63) is 70.8 Å². The monoisotopic (exact) mass is 358 g/mol. The maximum Gasteiger partial charge on any atom is 0.126 e. The lowest BCUT2D eigenvalue weighted by molar-refractivity contribution is -0.0159. The summed E-state index contributed by atoms with van der Waals surface area (Å²) >= 11 is 0. The number of nitrogens with zero attached hydrogens (tertiary/aromatic N) is 1. The Hall–Kier alpha value is -1.82. The molecule has 0 aromatic heterocycles. The van der Waals surface area contributed by atoms with E-state index >= 15 is 0 Å². The van der Waals surface area contributed by atoms with E-state index in [1.54, 1.807) is 0 Å². The van der Waals surface area contributed by atoms with Gasteiger partial charge in [0.05, 0.1) is 18.8 Å². The molecule has 2 aromatic rings. The van der Waals surface area contributed by atoms with Crippen LogP contribution in [0.25, 0.3) is 0 Å². The molecule has 26 heavy (non-hydrogen) atoms. The normalized spacial score (nSPS) is 19.5. The number of rotatable bonds is 5. The molecule has 0 bridgehead atoms. The Morgan fingerprint density at radius 3 is 2.19 bits per heavy atom. The Bertz CT molecular complexity index is 729. The van der Waals surface area contributed by atoms with Gasteiger partial charge in [-0.3, -0.25) is 4.90 Å². The van der Waals surface area contributed by atoms with Crippen LogP contribution in [0.3, 0.4) is 0 Å². The molecule has 1 N–H and O–H groups in total. The summed E-state index contributed by atoms with van der Waals surface area (Å²) in [6.07, 6.45) is 1.92. The summed E-state index contributed by atoms with van der Waals surface area (Å²) in [7, 11) is 0. The van der Waals surface area contributed by atoms with E-state index in [9.17, 15) is 8.78 Å². The van der Waals surface area contributed by atoms with Gasteiger partial charge in [0.25, 0.3) is 0 Å².